The lowest BCUT2D eigenvalue weighted by molar-refractivity contribution is 0.316. The van der Waals surface area contributed by atoms with Gasteiger partial charge in [-0.2, -0.15) is 0 Å². The molecule has 1 aliphatic rings. The summed E-state index contributed by atoms with van der Waals surface area (Å²) < 4.78 is 26.7. The molecule has 0 radical (unpaired) electrons. The fourth-order valence-corrected chi connectivity index (χ4v) is 4.43. The predicted octanol–water partition coefficient (Wildman–Crippen LogP) is 1.49. The smallest absolute Gasteiger partial charge is 0.218 e. The fourth-order valence-electron chi connectivity index (χ4n) is 2.80. The second kappa shape index (κ2) is 5.71. The first-order valence-corrected chi connectivity index (χ1v) is 8.73. The minimum Gasteiger partial charge on any atom is -0.327 e. The van der Waals surface area contributed by atoms with E-state index in [1.54, 1.807) is 6.20 Å². The SMILES string of the molecule is NC1CCCN(S(=O)(=O)Cc2cccc3cccnc23)C1. The van der Waals surface area contributed by atoms with E-state index in [2.05, 4.69) is 4.98 Å². The van der Waals surface area contributed by atoms with Crippen molar-refractivity contribution in [1.82, 2.24) is 9.29 Å². The fraction of sp³-hybridized carbons (Fsp3) is 0.400. The van der Waals surface area contributed by atoms with E-state index in [9.17, 15) is 8.42 Å². The van der Waals surface area contributed by atoms with Gasteiger partial charge >= 0.3 is 0 Å². The summed E-state index contributed by atoms with van der Waals surface area (Å²) in [5, 5.41) is 0.959. The van der Waals surface area contributed by atoms with Crippen molar-refractivity contribution in [3.8, 4) is 0 Å². The van der Waals surface area contributed by atoms with Crippen molar-refractivity contribution in [3.63, 3.8) is 0 Å². The number of sulfonamides is 1. The van der Waals surface area contributed by atoms with Crippen LogP contribution in [-0.2, 0) is 15.8 Å². The Morgan fingerprint density at radius 3 is 2.90 bits per heavy atom. The molecule has 1 aromatic heterocycles. The Bertz CT molecular complexity index is 740. The third-order valence-electron chi connectivity index (χ3n) is 3.87. The predicted molar refractivity (Wildman–Crippen MR) is 83.1 cm³/mol. The number of hydrogen-bond acceptors (Lipinski definition) is 4. The Kier molecular flexibility index (Phi) is 3.93. The monoisotopic (exact) mass is 305 g/mol. The van der Waals surface area contributed by atoms with Gasteiger partial charge in [0.25, 0.3) is 0 Å². The van der Waals surface area contributed by atoms with Crippen LogP contribution < -0.4 is 5.73 Å². The van der Waals surface area contributed by atoms with Crippen molar-refractivity contribution >= 4 is 20.9 Å². The zero-order valence-corrected chi connectivity index (χ0v) is 12.6. The van der Waals surface area contributed by atoms with E-state index in [0.717, 1.165) is 29.3 Å². The van der Waals surface area contributed by atoms with E-state index in [-0.39, 0.29) is 11.8 Å². The van der Waals surface area contributed by atoms with Gasteiger partial charge in [0.2, 0.25) is 10.0 Å². The summed E-state index contributed by atoms with van der Waals surface area (Å²) in [6.45, 7) is 0.981. The molecular formula is C15H19N3O2S. The normalized spacial score (nSPS) is 20.7. The van der Waals surface area contributed by atoms with Gasteiger partial charge in [0.15, 0.2) is 0 Å². The summed E-state index contributed by atoms with van der Waals surface area (Å²) in [5.74, 6) is -0.0198. The molecule has 3 rings (SSSR count). The number of para-hydroxylation sites is 1. The average molecular weight is 305 g/mol. The van der Waals surface area contributed by atoms with E-state index in [0.29, 0.717) is 13.1 Å². The molecular weight excluding hydrogens is 286 g/mol. The van der Waals surface area contributed by atoms with Crippen LogP contribution in [0.4, 0.5) is 0 Å². The quantitative estimate of drug-likeness (QED) is 0.932. The summed E-state index contributed by atoms with van der Waals surface area (Å²) in [5.41, 5.74) is 7.38. The molecule has 2 N–H and O–H groups in total. The summed E-state index contributed by atoms with van der Waals surface area (Å²) in [4.78, 5) is 4.32. The van der Waals surface area contributed by atoms with Crippen molar-refractivity contribution in [2.45, 2.75) is 24.6 Å². The molecule has 0 bridgehead atoms. The molecule has 1 aromatic carbocycles. The van der Waals surface area contributed by atoms with Gasteiger partial charge in [0, 0.05) is 30.7 Å². The molecule has 0 amide bonds. The Labute approximate surface area is 124 Å². The number of nitrogens with zero attached hydrogens (tertiary/aromatic N) is 2. The van der Waals surface area contributed by atoms with Gasteiger partial charge in [-0.3, -0.25) is 4.98 Å². The molecule has 1 atom stereocenters. The highest BCUT2D eigenvalue weighted by Crippen LogP contribution is 2.21. The first-order chi connectivity index (χ1) is 10.1. The van der Waals surface area contributed by atoms with Crippen LogP contribution in [0.1, 0.15) is 18.4 Å². The van der Waals surface area contributed by atoms with Crippen LogP contribution in [0.3, 0.4) is 0 Å². The number of nitrogens with two attached hydrogens (primary N) is 1. The molecule has 1 fully saturated rings. The number of hydrogen-bond donors (Lipinski definition) is 1. The highest BCUT2D eigenvalue weighted by Gasteiger charge is 2.27. The molecule has 1 saturated heterocycles. The first-order valence-electron chi connectivity index (χ1n) is 7.12. The van der Waals surface area contributed by atoms with E-state index in [1.807, 2.05) is 30.3 Å². The maximum Gasteiger partial charge on any atom is 0.218 e. The molecule has 2 aromatic rings. The average Bonchev–Trinajstić information content (AvgIpc) is 2.47. The van der Waals surface area contributed by atoms with Crippen molar-refractivity contribution in [1.29, 1.82) is 0 Å². The zero-order valence-electron chi connectivity index (χ0n) is 11.8. The van der Waals surface area contributed by atoms with Crippen LogP contribution in [0, 0.1) is 0 Å². The number of rotatable bonds is 3. The van der Waals surface area contributed by atoms with Gasteiger partial charge < -0.3 is 5.73 Å². The second-order valence-corrected chi connectivity index (χ2v) is 7.48. The first kappa shape index (κ1) is 14.4. The summed E-state index contributed by atoms with van der Waals surface area (Å²) >= 11 is 0. The van der Waals surface area contributed by atoms with Crippen molar-refractivity contribution in [2.24, 2.45) is 5.73 Å². The van der Waals surface area contributed by atoms with Crippen LogP contribution in [0.25, 0.3) is 10.9 Å². The molecule has 1 unspecified atom stereocenters. The molecule has 6 heteroatoms. The minimum atomic E-state index is -3.35. The lowest BCUT2D eigenvalue weighted by atomic mass is 10.1. The van der Waals surface area contributed by atoms with Crippen molar-refractivity contribution in [2.75, 3.05) is 13.1 Å². The standard InChI is InChI=1S/C15H19N3O2S/c16-14-7-3-9-18(10-14)21(19,20)11-13-5-1-4-12-6-2-8-17-15(12)13/h1-2,4-6,8,14H,3,7,9-11,16H2. The van der Waals surface area contributed by atoms with Crippen molar-refractivity contribution in [3.05, 3.63) is 42.1 Å². The van der Waals surface area contributed by atoms with Gasteiger partial charge in [-0.25, -0.2) is 12.7 Å². The van der Waals surface area contributed by atoms with Gasteiger partial charge in [-0.15, -0.1) is 0 Å². The van der Waals surface area contributed by atoms with Gasteiger partial charge in [-0.1, -0.05) is 24.3 Å². The number of fused-ring (bicyclic) bond motifs is 1. The maximum atomic E-state index is 12.6. The summed E-state index contributed by atoms with van der Waals surface area (Å²) in [6, 6.07) is 9.38. The number of aromatic nitrogens is 1. The van der Waals surface area contributed by atoms with Gasteiger partial charge in [0.1, 0.15) is 0 Å². The largest absolute Gasteiger partial charge is 0.327 e. The highest BCUT2D eigenvalue weighted by molar-refractivity contribution is 7.88. The van der Waals surface area contributed by atoms with Crippen LogP contribution in [0.5, 0.6) is 0 Å². The van der Waals surface area contributed by atoms with E-state index in [1.165, 1.54) is 4.31 Å². The van der Waals surface area contributed by atoms with Crippen molar-refractivity contribution < 1.29 is 8.42 Å². The molecule has 21 heavy (non-hydrogen) atoms. The van der Waals surface area contributed by atoms with E-state index in [4.69, 9.17) is 5.73 Å². The highest BCUT2D eigenvalue weighted by atomic mass is 32.2. The topological polar surface area (TPSA) is 76.3 Å². The number of pyridine rings is 1. The Morgan fingerprint density at radius 1 is 1.29 bits per heavy atom. The van der Waals surface area contributed by atoms with E-state index < -0.39 is 10.0 Å². The Hall–Kier alpha value is -1.50. The Balaban J connectivity index is 1.90. The second-order valence-electron chi connectivity index (χ2n) is 5.51. The third-order valence-corrected chi connectivity index (χ3v) is 5.66. The third kappa shape index (κ3) is 3.07. The lowest BCUT2D eigenvalue weighted by Crippen LogP contribution is -2.46. The van der Waals surface area contributed by atoms with Crippen LogP contribution in [-0.4, -0.2) is 36.8 Å². The minimum absolute atomic E-state index is 0.0198. The summed E-state index contributed by atoms with van der Waals surface area (Å²) in [7, 11) is -3.35. The van der Waals surface area contributed by atoms with E-state index >= 15 is 0 Å². The molecule has 2 heterocycles. The maximum absolute atomic E-state index is 12.6. The number of piperidine rings is 1. The van der Waals surface area contributed by atoms with Crippen LogP contribution in [0.15, 0.2) is 36.5 Å². The molecule has 0 saturated carbocycles. The molecule has 0 spiro atoms. The number of benzene rings is 1. The summed E-state index contributed by atoms with van der Waals surface area (Å²) in [6.07, 6.45) is 3.41. The lowest BCUT2D eigenvalue weighted by Gasteiger charge is -2.29. The molecule has 112 valence electrons. The van der Waals surface area contributed by atoms with Gasteiger partial charge in [0.05, 0.1) is 11.3 Å². The molecule has 1 aliphatic heterocycles. The van der Waals surface area contributed by atoms with Crippen LogP contribution in [0.2, 0.25) is 0 Å². The molecule has 0 aliphatic carbocycles. The van der Waals surface area contributed by atoms with Gasteiger partial charge in [-0.05, 0) is 24.5 Å². The Morgan fingerprint density at radius 2 is 2.10 bits per heavy atom. The zero-order chi connectivity index (χ0) is 14.9. The molecule has 5 nitrogen and oxygen atoms in total. The van der Waals surface area contributed by atoms with Crippen LogP contribution >= 0.6 is 0 Å².